The smallest absolute Gasteiger partial charge is 0.340 e. The first kappa shape index (κ1) is 11.0. The Bertz CT molecular complexity index is 418. The summed E-state index contributed by atoms with van der Waals surface area (Å²) in [6.07, 6.45) is 2.96. The number of hydrogen-bond acceptors (Lipinski definition) is 7. The van der Waals surface area contributed by atoms with Crippen molar-refractivity contribution in [2.75, 3.05) is 13.8 Å². The molecule has 0 aromatic carbocycles. The Hall–Kier alpha value is -1.51. The minimum absolute atomic E-state index is 0.0345. The Morgan fingerprint density at radius 3 is 3.12 bits per heavy atom. The minimum Gasteiger partial charge on any atom is -0.478 e. The van der Waals surface area contributed by atoms with Gasteiger partial charge in [-0.2, -0.15) is 0 Å². The second-order valence-electron chi connectivity index (χ2n) is 3.11. The summed E-state index contributed by atoms with van der Waals surface area (Å²) in [4.78, 5) is 14.8. The first-order valence-corrected chi connectivity index (χ1v) is 4.82. The molecule has 0 spiro atoms. The van der Waals surface area contributed by atoms with E-state index < -0.39 is 5.97 Å². The van der Waals surface area contributed by atoms with Gasteiger partial charge in [-0.15, -0.1) is 18.2 Å². The summed E-state index contributed by atoms with van der Waals surface area (Å²) < 4.78 is 4.92. The van der Waals surface area contributed by atoms with E-state index in [0.717, 1.165) is 0 Å². The first-order chi connectivity index (χ1) is 7.63. The molecular weight excluding hydrogens is 232 g/mol. The number of nitrogens with zero attached hydrogens (tertiary/aromatic N) is 3. The number of carbonyl (C=O) groups is 1. The van der Waals surface area contributed by atoms with Gasteiger partial charge in [-0.25, -0.2) is 14.8 Å². The predicted molar refractivity (Wildman–Crippen MR) is 58.9 cm³/mol. The number of aliphatic imine (C=N–C) groups is 1. The third-order valence-electron chi connectivity index (χ3n) is 2.01. The normalized spacial score (nSPS) is 19.0. The van der Waals surface area contributed by atoms with Crippen LogP contribution in [-0.2, 0) is 9.53 Å². The molecule has 0 atom stereocenters. The fourth-order valence-electron chi connectivity index (χ4n) is 1.32. The lowest BCUT2D eigenvalue weighted by atomic mass is 10.3. The van der Waals surface area contributed by atoms with Gasteiger partial charge in [0, 0.05) is 13.3 Å². The molecule has 7 nitrogen and oxygen atoms in total. The van der Waals surface area contributed by atoms with E-state index in [9.17, 15) is 4.79 Å². The van der Waals surface area contributed by atoms with Crippen LogP contribution in [0.15, 0.2) is 27.6 Å². The van der Waals surface area contributed by atoms with Gasteiger partial charge >= 0.3 is 5.97 Å². The lowest BCUT2D eigenvalue weighted by Crippen LogP contribution is -2.41. The highest BCUT2D eigenvalue weighted by atomic mass is 32.1. The van der Waals surface area contributed by atoms with Gasteiger partial charge in [-0.3, -0.25) is 5.01 Å². The molecule has 8 heteroatoms. The molecule has 0 fully saturated rings. The molecule has 0 saturated carbocycles. The van der Waals surface area contributed by atoms with E-state index in [-0.39, 0.29) is 10.6 Å². The van der Waals surface area contributed by atoms with Crippen molar-refractivity contribution < 1.29 is 14.6 Å². The number of nitrogens with one attached hydrogen (secondary N) is 1. The van der Waals surface area contributed by atoms with E-state index in [2.05, 4.69) is 23.2 Å². The van der Waals surface area contributed by atoms with E-state index in [1.807, 2.05) is 0 Å². The molecule has 2 rings (SSSR count). The van der Waals surface area contributed by atoms with Gasteiger partial charge in [-0.1, -0.05) is 0 Å². The summed E-state index contributed by atoms with van der Waals surface area (Å²) in [5.74, 6) is -0.508. The number of carboxylic acid groups (broad SMARTS) is 1. The predicted octanol–water partition coefficient (Wildman–Crippen LogP) is -0.263. The van der Waals surface area contributed by atoms with Crippen LogP contribution in [0.2, 0.25) is 0 Å². The summed E-state index contributed by atoms with van der Waals surface area (Å²) in [6.45, 7) is 0.318. The zero-order valence-corrected chi connectivity index (χ0v) is 9.31. The number of rotatable bonds is 3. The molecule has 0 unspecified atom stereocenters. The molecule has 0 aliphatic carbocycles. The quantitative estimate of drug-likeness (QED) is 0.592. The Kier molecular flexibility index (Phi) is 2.86. The lowest BCUT2D eigenvalue weighted by molar-refractivity contribution is -0.132. The Labute approximate surface area is 97.0 Å². The van der Waals surface area contributed by atoms with Gasteiger partial charge in [0.15, 0.2) is 5.82 Å². The third-order valence-corrected chi connectivity index (χ3v) is 2.45. The zero-order valence-electron chi connectivity index (χ0n) is 8.41. The molecule has 2 heterocycles. The monoisotopic (exact) mass is 242 g/mol. The number of ether oxygens (including phenoxy) is 1. The number of methoxy groups -OCH3 is 1. The molecule has 2 aliphatic rings. The van der Waals surface area contributed by atoms with Crippen LogP contribution in [0, 0.1) is 0 Å². The van der Waals surface area contributed by atoms with E-state index in [0.29, 0.717) is 12.6 Å². The van der Waals surface area contributed by atoms with Gasteiger partial charge in [-0.05, 0) is 0 Å². The Morgan fingerprint density at radius 2 is 2.50 bits per heavy atom. The van der Waals surface area contributed by atoms with Crippen LogP contribution in [-0.4, -0.2) is 41.1 Å². The molecule has 0 aromatic heterocycles. The third kappa shape index (κ3) is 1.77. The maximum absolute atomic E-state index is 10.9. The second-order valence-corrected chi connectivity index (χ2v) is 3.53. The molecule has 0 amide bonds. The summed E-state index contributed by atoms with van der Waals surface area (Å²) >= 11 is 4.14. The fraction of sp³-hybridized carbons (Fsp3) is 0.250. The number of hydrogen-bond donors (Lipinski definition) is 3. The SMILES string of the molecule is COCN1C=C2N=CC(C(=O)O)=C(S)N2N1. The maximum Gasteiger partial charge on any atom is 0.340 e. The Morgan fingerprint density at radius 1 is 1.75 bits per heavy atom. The van der Waals surface area contributed by atoms with Crippen molar-refractivity contribution >= 4 is 24.8 Å². The highest BCUT2D eigenvalue weighted by Gasteiger charge is 2.28. The number of fused-ring (bicyclic) bond motifs is 1. The van der Waals surface area contributed by atoms with Crippen LogP contribution in [0.3, 0.4) is 0 Å². The summed E-state index contributed by atoms with van der Waals surface area (Å²) in [5, 5.41) is 12.3. The molecule has 2 N–H and O–H groups in total. The van der Waals surface area contributed by atoms with Gasteiger partial charge in [0.2, 0.25) is 0 Å². The topological polar surface area (TPSA) is 77.4 Å². The van der Waals surface area contributed by atoms with Crippen LogP contribution >= 0.6 is 12.6 Å². The van der Waals surface area contributed by atoms with Crippen LogP contribution in [0.1, 0.15) is 0 Å². The molecule has 86 valence electrons. The van der Waals surface area contributed by atoms with E-state index in [1.54, 1.807) is 18.3 Å². The average Bonchev–Trinajstić information content (AvgIpc) is 2.62. The largest absolute Gasteiger partial charge is 0.478 e. The van der Waals surface area contributed by atoms with Gasteiger partial charge < -0.3 is 9.84 Å². The first-order valence-electron chi connectivity index (χ1n) is 4.38. The highest BCUT2D eigenvalue weighted by molar-refractivity contribution is 7.84. The summed E-state index contributed by atoms with van der Waals surface area (Å²) in [6, 6.07) is 0. The maximum atomic E-state index is 10.9. The number of aliphatic carboxylic acids is 1. The van der Waals surface area contributed by atoms with Crippen molar-refractivity contribution in [2.45, 2.75) is 0 Å². The van der Waals surface area contributed by atoms with Crippen LogP contribution in [0.4, 0.5) is 0 Å². The van der Waals surface area contributed by atoms with Crippen molar-refractivity contribution in [1.29, 1.82) is 0 Å². The molecular formula is C8H10N4O3S. The van der Waals surface area contributed by atoms with Gasteiger partial charge in [0.1, 0.15) is 17.3 Å². The summed E-state index contributed by atoms with van der Waals surface area (Å²) in [7, 11) is 1.56. The molecule has 0 bridgehead atoms. The molecule has 0 aromatic rings. The zero-order chi connectivity index (χ0) is 11.7. The van der Waals surface area contributed by atoms with Gasteiger partial charge in [0.25, 0.3) is 0 Å². The van der Waals surface area contributed by atoms with E-state index in [1.165, 1.54) is 11.2 Å². The summed E-state index contributed by atoms with van der Waals surface area (Å²) in [5.41, 5.74) is 2.90. The van der Waals surface area contributed by atoms with E-state index in [4.69, 9.17) is 9.84 Å². The number of hydrazine groups is 2. The van der Waals surface area contributed by atoms with Crippen molar-refractivity contribution in [3.05, 3.63) is 22.6 Å². The lowest BCUT2D eigenvalue weighted by Gasteiger charge is -2.25. The highest BCUT2D eigenvalue weighted by Crippen LogP contribution is 2.26. The standard InChI is InChI=1S/C8H10N4O3S/c1-15-4-11-3-6-9-2-5(8(13)14)7(16)12(6)10-11/h2-3,10,16H,4H2,1H3,(H,13,14). The number of carboxylic acids is 1. The van der Waals surface area contributed by atoms with Crippen molar-refractivity contribution in [2.24, 2.45) is 4.99 Å². The fourth-order valence-corrected chi connectivity index (χ4v) is 1.62. The van der Waals surface area contributed by atoms with Crippen LogP contribution in [0.25, 0.3) is 0 Å². The van der Waals surface area contributed by atoms with Gasteiger partial charge in [0.05, 0.1) is 6.20 Å². The molecule has 2 aliphatic heterocycles. The number of thiol groups is 1. The van der Waals surface area contributed by atoms with Crippen molar-refractivity contribution in [1.82, 2.24) is 15.6 Å². The minimum atomic E-state index is -1.07. The second kappa shape index (κ2) is 4.16. The molecule has 16 heavy (non-hydrogen) atoms. The Balaban J connectivity index is 2.24. The van der Waals surface area contributed by atoms with Crippen LogP contribution in [0.5, 0.6) is 0 Å². The van der Waals surface area contributed by atoms with Crippen molar-refractivity contribution in [3.8, 4) is 0 Å². The van der Waals surface area contributed by atoms with E-state index >= 15 is 0 Å². The van der Waals surface area contributed by atoms with Crippen molar-refractivity contribution in [3.63, 3.8) is 0 Å². The molecule has 0 radical (unpaired) electrons. The molecule has 0 saturated heterocycles. The average molecular weight is 242 g/mol. The van der Waals surface area contributed by atoms with Crippen LogP contribution < -0.4 is 5.53 Å².